The van der Waals surface area contributed by atoms with E-state index in [9.17, 15) is 13.2 Å². The molecule has 96 valence electrons. The Kier molecular flexibility index (Phi) is 2.11. The Morgan fingerprint density at radius 3 is 2.72 bits per heavy atom. The zero-order valence-corrected chi connectivity index (χ0v) is 9.62. The summed E-state index contributed by atoms with van der Waals surface area (Å²) < 4.78 is 39.8. The molecule has 0 radical (unpaired) electrons. The highest BCUT2D eigenvalue weighted by Gasteiger charge is 2.64. The van der Waals surface area contributed by atoms with E-state index in [1.54, 1.807) is 12.3 Å². The lowest BCUT2D eigenvalue weighted by atomic mass is 10.3. The third-order valence-corrected chi connectivity index (χ3v) is 3.14. The topological polar surface area (TPSA) is 42.2 Å². The largest absolute Gasteiger partial charge is 0.411 e. The summed E-state index contributed by atoms with van der Waals surface area (Å²) in [7, 11) is 0. The highest BCUT2D eigenvalue weighted by molar-refractivity contribution is 5.47. The Hall–Kier alpha value is -1.79. The van der Waals surface area contributed by atoms with Gasteiger partial charge in [-0.05, 0) is 37.5 Å². The smallest absolute Gasteiger partial charge is 0.339 e. The van der Waals surface area contributed by atoms with Crippen LogP contribution in [0.2, 0.25) is 0 Å². The lowest BCUT2D eigenvalue weighted by molar-refractivity contribution is -0.151. The third-order valence-electron chi connectivity index (χ3n) is 3.14. The van der Waals surface area contributed by atoms with Crippen LogP contribution in [0.1, 0.15) is 18.4 Å². The molecular formula is C11H11F3N4. The van der Waals surface area contributed by atoms with E-state index in [0.29, 0.717) is 5.65 Å². The molecule has 0 aromatic carbocycles. The van der Waals surface area contributed by atoms with E-state index in [2.05, 4.69) is 15.4 Å². The van der Waals surface area contributed by atoms with E-state index >= 15 is 0 Å². The molecule has 7 heteroatoms. The number of aromatic nitrogens is 3. The molecule has 1 aliphatic carbocycles. The predicted octanol–water partition coefficient (Wildman–Crippen LogP) is 2.54. The summed E-state index contributed by atoms with van der Waals surface area (Å²) in [6, 6.07) is 3.59. The summed E-state index contributed by atoms with van der Waals surface area (Å²) in [6.45, 7) is 1.89. The summed E-state index contributed by atoms with van der Waals surface area (Å²) in [5, 5.41) is 6.40. The van der Waals surface area contributed by atoms with Gasteiger partial charge < -0.3 is 5.32 Å². The van der Waals surface area contributed by atoms with Crippen molar-refractivity contribution >= 4 is 11.6 Å². The van der Waals surface area contributed by atoms with Gasteiger partial charge in [0.15, 0.2) is 5.65 Å². The molecule has 1 N–H and O–H groups in total. The van der Waals surface area contributed by atoms with Crippen molar-refractivity contribution in [3.63, 3.8) is 0 Å². The second-order valence-corrected chi connectivity index (χ2v) is 4.65. The number of rotatable bonds is 2. The van der Waals surface area contributed by atoms with E-state index in [-0.39, 0.29) is 18.8 Å². The monoisotopic (exact) mass is 256 g/mol. The van der Waals surface area contributed by atoms with Gasteiger partial charge in [-0.1, -0.05) is 0 Å². The first-order valence-corrected chi connectivity index (χ1v) is 5.58. The van der Waals surface area contributed by atoms with Crippen molar-refractivity contribution in [3.05, 3.63) is 23.9 Å². The average molecular weight is 256 g/mol. The van der Waals surface area contributed by atoms with E-state index < -0.39 is 11.7 Å². The van der Waals surface area contributed by atoms with Gasteiger partial charge in [0.05, 0.1) is 0 Å². The fourth-order valence-corrected chi connectivity index (χ4v) is 1.85. The SMILES string of the molecule is Cc1ccn2nc(NC3(C(F)(F)F)CC3)nc2c1. The van der Waals surface area contributed by atoms with Gasteiger partial charge in [-0.3, -0.25) is 0 Å². The molecule has 0 bridgehead atoms. The van der Waals surface area contributed by atoms with Crippen molar-refractivity contribution in [1.82, 2.24) is 14.6 Å². The first kappa shape index (κ1) is 11.3. The number of nitrogens with one attached hydrogen (secondary N) is 1. The average Bonchev–Trinajstić information content (AvgIpc) is 2.92. The Morgan fingerprint density at radius 1 is 1.39 bits per heavy atom. The fourth-order valence-electron chi connectivity index (χ4n) is 1.85. The zero-order valence-electron chi connectivity index (χ0n) is 9.62. The minimum atomic E-state index is -4.26. The van der Waals surface area contributed by atoms with Crippen molar-refractivity contribution in [2.75, 3.05) is 5.32 Å². The molecule has 4 nitrogen and oxygen atoms in total. The van der Waals surface area contributed by atoms with Crippen molar-refractivity contribution < 1.29 is 13.2 Å². The van der Waals surface area contributed by atoms with Crippen molar-refractivity contribution in [1.29, 1.82) is 0 Å². The normalized spacial score (nSPS) is 18.0. The number of fused-ring (bicyclic) bond motifs is 1. The van der Waals surface area contributed by atoms with E-state index in [1.807, 2.05) is 13.0 Å². The highest BCUT2D eigenvalue weighted by atomic mass is 19.4. The van der Waals surface area contributed by atoms with Crippen LogP contribution in [0.25, 0.3) is 5.65 Å². The minimum absolute atomic E-state index is 0.0235. The van der Waals surface area contributed by atoms with E-state index in [1.165, 1.54) is 4.52 Å². The van der Waals surface area contributed by atoms with Crippen molar-refractivity contribution in [3.8, 4) is 0 Å². The van der Waals surface area contributed by atoms with Gasteiger partial charge in [0, 0.05) is 6.20 Å². The van der Waals surface area contributed by atoms with Gasteiger partial charge in [-0.25, -0.2) is 4.52 Å². The molecule has 2 heterocycles. The molecule has 18 heavy (non-hydrogen) atoms. The summed E-state index contributed by atoms with van der Waals surface area (Å²) in [6.07, 6.45) is -2.44. The molecule has 1 fully saturated rings. The highest BCUT2D eigenvalue weighted by Crippen LogP contribution is 2.50. The van der Waals surface area contributed by atoms with Gasteiger partial charge in [0.1, 0.15) is 5.54 Å². The summed E-state index contributed by atoms with van der Waals surface area (Å²) in [5.74, 6) is 0.0235. The molecule has 0 saturated heterocycles. The molecule has 0 aliphatic heterocycles. The summed E-state index contributed by atoms with van der Waals surface area (Å²) in [4.78, 5) is 4.05. The first-order chi connectivity index (χ1) is 8.40. The number of alkyl halides is 3. The molecule has 0 amide bonds. The van der Waals surface area contributed by atoms with Crippen LogP contribution in [-0.4, -0.2) is 26.3 Å². The Labute approximate surface area is 101 Å². The van der Waals surface area contributed by atoms with Crippen LogP contribution in [0, 0.1) is 6.92 Å². The van der Waals surface area contributed by atoms with E-state index in [4.69, 9.17) is 0 Å². The molecule has 2 aromatic heterocycles. The zero-order chi connectivity index (χ0) is 13.0. The Morgan fingerprint density at radius 2 is 2.11 bits per heavy atom. The summed E-state index contributed by atoms with van der Waals surface area (Å²) in [5.41, 5.74) is -0.304. The number of hydrogen-bond acceptors (Lipinski definition) is 3. The van der Waals surface area contributed by atoms with Crippen LogP contribution in [-0.2, 0) is 0 Å². The maximum absolute atomic E-state index is 12.8. The number of hydrogen-bond donors (Lipinski definition) is 1. The van der Waals surface area contributed by atoms with Crippen LogP contribution in [0.3, 0.4) is 0 Å². The number of halogens is 3. The molecule has 0 spiro atoms. The van der Waals surface area contributed by atoms with Crippen LogP contribution in [0.4, 0.5) is 19.1 Å². The maximum Gasteiger partial charge on any atom is 0.411 e. The Bertz CT molecular complexity index is 598. The van der Waals surface area contributed by atoms with Crippen LogP contribution < -0.4 is 5.32 Å². The fraction of sp³-hybridized carbons (Fsp3) is 0.455. The number of anilines is 1. The minimum Gasteiger partial charge on any atom is -0.339 e. The standard InChI is InChI=1S/C11H11F3N4/c1-7-2-5-18-8(6-7)15-9(17-18)16-10(3-4-10)11(12,13)14/h2,5-6H,3-4H2,1H3,(H,16,17). The van der Waals surface area contributed by atoms with E-state index in [0.717, 1.165) is 5.56 Å². The molecule has 1 saturated carbocycles. The van der Waals surface area contributed by atoms with Gasteiger partial charge >= 0.3 is 6.18 Å². The molecule has 2 aromatic rings. The molecule has 0 unspecified atom stereocenters. The lowest BCUT2D eigenvalue weighted by Crippen LogP contribution is -2.39. The van der Waals surface area contributed by atoms with Gasteiger partial charge in [-0.15, -0.1) is 5.10 Å². The predicted molar refractivity (Wildman–Crippen MR) is 59.4 cm³/mol. The van der Waals surface area contributed by atoms with Crippen LogP contribution in [0.15, 0.2) is 18.3 Å². The quantitative estimate of drug-likeness (QED) is 0.897. The Balaban J connectivity index is 1.92. The van der Waals surface area contributed by atoms with Crippen molar-refractivity contribution in [2.45, 2.75) is 31.5 Å². The molecule has 0 atom stereocenters. The van der Waals surface area contributed by atoms with Gasteiger partial charge in [0.25, 0.3) is 0 Å². The first-order valence-electron chi connectivity index (χ1n) is 5.58. The van der Waals surface area contributed by atoms with Crippen LogP contribution in [0.5, 0.6) is 0 Å². The number of pyridine rings is 1. The second-order valence-electron chi connectivity index (χ2n) is 4.65. The molecule has 3 rings (SSSR count). The maximum atomic E-state index is 12.8. The van der Waals surface area contributed by atoms with Crippen LogP contribution >= 0.6 is 0 Å². The molecular weight excluding hydrogens is 245 g/mol. The summed E-state index contributed by atoms with van der Waals surface area (Å²) >= 11 is 0. The number of nitrogens with zero attached hydrogens (tertiary/aromatic N) is 3. The van der Waals surface area contributed by atoms with Crippen molar-refractivity contribution in [2.24, 2.45) is 0 Å². The van der Waals surface area contributed by atoms with Gasteiger partial charge in [0.2, 0.25) is 5.95 Å². The second kappa shape index (κ2) is 3.37. The number of aryl methyl sites for hydroxylation is 1. The molecule has 1 aliphatic rings. The van der Waals surface area contributed by atoms with Gasteiger partial charge in [-0.2, -0.15) is 18.2 Å². The third kappa shape index (κ3) is 1.70. The lowest BCUT2D eigenvalue weighted by Gasteiger charge is -2.19.